The Labute approximate surface area is 143 Å². The minimum atomic E-state index is -3.47. The van der Waals surface area contributed by atoms with E-state index in [1.807, 2.05) is 30.3 Å². The minimum absolute atomic E-state index is 0.165. The highest BCUT2D eigenvalue weighted by Gasteiger charge is 2.21. The van der Waals surface area contributed by atoms with Gasteiger partial charge < -0.3 is 0 Å². The Kier molecular flexibility index (Phi) is 3.54. The molecule has 2 heterocycles. The van der Waals surface area contributed by atoms with E-state index in [-0.39, 0.29) is 10.7 Å². The van der Waals surface area contributed by atoms with E-state index < -0.39 is 9.84 Å². The maximum atomic E-state index is 12.2. The SMILES string of the molecule is CS(=O)(=O)c1cccc(-c2ccc3ccncc3c2)c1-c1nn[nH]n1. The summed E-state index contributed by atoms with van der Waals surface area (Å²) in [6.07, 6.45) is 4.67. The van der Waals surface area contributed by atoms with Gasteiger partial charge in [-0.3, -0.25) is 4.98 Å². The third-order valence-corrected chi connectivity index (χ3v) is 5.09. The number of hydrogen-bond donors (Lipinski definition) is 1. The van der Waals surface area contributed by atoms with Crippen molar-refractivity contribution >= 4 is 20.6 Å². The second-order valence-electron chi connectivity index (χ2n) is 5.62. The standard InChI is InChI=1S/C17H13N5O2S/c1-25(23,24)15-4-2-3-14(16(15)17-19-21-22-20-17)12-6-5-11-7-8-18-10-13(11)9-12/h2-10H,1H3,(H,19,20,21,22). The Morgan fingerprint density at radius 1 is 1.04 bits per heavy atom. The number of tetrazole rings is 1. The number of fused-ring (bicyclic) bond motifs is 1. The topological polar surface area (TPSA) is 101 Å². The Morgan fingerprint density at radius 3 is 2.68 bits per heavy atom. The van der Waals surface area contributed by atoms with Gasteiger partial charge in [-0.2, -0.15) is 5.21 Å². The van der Waals surface area contributed by atoms with Crippen LogP contribution in [0.4, 0.5) is 0 Å². The van der Waals surface area contributed by atoms with Crippen molar-refractivity contribution in [3.8, 4) is 22.5 Å². The molecule has 0 aliphatic heterocycles. The van der Waals surface area contributed by atoms with Gasteiger partial charge in [0.1, 0.15) is 0 Å². The van der Waals surface area contributed by atoms with E-state index >= 15 is 0 Å². The molecule has 4 rings (SSSR count). The van der Waals surface area contributed by atoms with Crippen LogP contribution in [0, 0.1) is 0 Å². The highest BCUT2D eigenvalue weighted by atomic mass is 32.2. The lowest BCUT2D eigenvalue weighted by Gasteiger charge is -2.12. The second-order valence-corrected chi connectivity index (χ2v) is 7.61. The summed E-state index contributed by atoms with van der Waals surface area (Å²) < 4.78 is 24.5. The van der Waals surface area contributed by atoms with Gasteiger partial charge in [-0.1, -0.05) is 24.3 Å². The molecule has 1 N–H and O–H groups in total. The molecular formula is C17H13N5O2S. The quantitative estimate of drug-likeness (QED) is 0.608. The fourth-order valence-electron chi connectivity index (χ4n) is 2.83. The summed E-state index contributed by atoms with van der Waals surface area (Å²) in [5.41, 5.74) is 2.00. The number of aromatic amines is 1. The number of sulfone groups is 1. The lowest BCUT2D eigenvalue weighted by molar-refractivity contribution is 0.602. The van der Waals surface area contributed by atoms with Crippen molar-refractivity contribution in [1.82, 2.24) is 25.6 Å². The molecule has 0 unspecified atom stereocenters. The zero-order chi connectivity index (χ0) is 17.4. The lowest BCUT2D eigenvalue weighted by atomic mass is 9.97. The van der Waals surface area contributed by atoms with Crippen molar-refractivity contribution in [3.63, 3.8) is 0 Å². The van der Waals surface area contributed by atoms with Gasteiger partial charge >= 0.3 is 0 Å². The summed E-state index contributed by atoms with van der Waals surface area (Å²) in [7, 11) is -3.47. The van der Waals surface area contributed by atoms with Crippen molar-refractivity contribution in [1.29, 1.82) is 0 Å². The molecule has 8 heteroatoms. The fourth-order valence-corrected chi connectivity index (χ4v) is 3.73. The number of benzene rings is 2. The molecule has 0 spiro atoms. The van der Waals surface area contributed by atoms with Crippen molar-refractivity contribution in [2.75, 3.05) is 6.26 Å². The monoisotopic (exact) mass is 351 g/mol. The molecule has 7 nitrogen and oxygen atoms in total. The molecule has 2 aromatic heterocycles. The fraction of sp³-hybridized carbons (Fsp3) is 0.0588. The van der Waals surface area contributed by atoms with E-state index in [1.165, 1.54) is 6.26 Å². The first kappa shape index (κ1) is 15.4. The molecule has 0 saturated heterocycles. The predicted molar refractivity (Wildman–Crippen MR) is 93.5 cm³/mol. The van der Waals surface area contributed by atoms with Crippen molar-refractivity contribution in [3.05, 3.63) is 54.9 Å². The number of H-pyrrole nitrogens is 1. The molecule has 0 atom stereocenters. The maximum absolute atomic E-state index is 12.2. The van der Waals surface area contributed by atoms with Gasteiger partial charge in [0.25, 0.3) is 0 Å². The summed E-state index contributed by atoms with van der Waals surface area (Å²) >= 11 is 0. The molecule has 25 heavy (non-hydrogen) atoms. The van der Waals surface area contributed by atoms with Crippen LogP contribution < -0.4 is 0 Å². The van der Waals surface area contributed by atoms with Crippen molar-refractivity contribution < 1.29 is 8.42 Å². The van der Waals surface area contributed by atoms with Crippen molar-refractivity contribution in [2.24, 2.45) is 0 Å². The molecule has 124 valence electrons. The predicted octanol–water partition coefficient (Wildman–Crippen LogP) is 2.49. The Balaban J connectivity index is 2.04. The summed E-state index contributed by atoms with van der Waals surface area (Å²) in [6.45, 7) is 0. The van der Waals surface area contributed by atoms with E-state index in [1.54, 1.807) is 24.5 Å². The van der Waals surface area contributed by atoms with Crippen LogP contribution in [0.1, 0.15) is 0 Å². The van der Waals surface area contributed by atoms with Gasteiger partial charge in [0.05, 0.1) is 4.90 Å². The molecule has 0 aliphatic rings. The molecule has 0 amide bonds. The summed E-state index contributed by atoms with van der Waals surface area (Å²) in [5.74, 6) is 0.238. The normalized spacial score (nSPS) is 11.7. The van der Waals surface area contributed by atoms with Crippen LogP contribution in [0.25, 0.3) is 33.3 Å². The van der Waals surface area contributed by atoms with Crippen LogP contribution in [0.15, 0.2) is 59.8 Å². The smallest absolute Gasteiger partial charge is 0.206 e. The second kappa shape index (κ2) is 5.75. The lowest BCUT2D eigenvalue weighted by Crippen LogP contribution is -2.02. The third-order valence-electron chi connectivity index (χ3n) is 3.95. The number of hydrogen-bond acceptors (Lipinski definition) is 6. The van der Waals surface area contributed by atoms with Crippen LogP contribution in [-0.4, -0.2) is 40.3 Å². The Morgan fingerprint density at radius 2 is 1.92 bits per heavy atom. The molecule has 0 radical (unpaired) electrons. The van der Waals surface area contributed by atoms with E-state index in [0.717, 1.165) is 21.9 Å². The zero-order valence-corrected chi connectivity index (χ0v) is 14.0. The summed E-state index contributed by atoms with van der Waals surface area (Å²) in [4.78, 5) is 4.31. The molecule has 0 bridgehead atoms. The minimum Gasteiger partial charge on any atom is -0.264 e. The van der Waals surface area contributed by atoms with Crippen LogP contribution in [0.2, 0.25) is 0 Å². The van der Waals surface area contributed by atoms with Gasteiger partial charge in [-0.15, -0.1) is 10.2 Å². The summed E-state index contributed by atoms with van der Waals surface area (Å²) in [5, 5.41) is 15.9. The van der Waals surface area contributed by atoms with E-state index in [2.05, 4.69) is 25.6 Å². The molecule has 0 fully saturated rings. The van der Waals surface area contributed by atoms with E-state index in [4.69, 9.17) is 0 Å². The summed E-state index contributed by atoms with van der Waals surface area (Å²) in [6, 6.07) is 12.9. The van der Waals surface area contributed by atoms with Gasteiger partial charge in [-0.05, 0) is 39.9 Å². The van der Waals surface area contributed by atoms with Crippen LogP contribution >= 0.6 is 0 Å². The largest absolute Gasteiger partial charge is 0.264 e. The first-order chi connectivity index (χ1) is 12.0. The molecule has 0 saturated carbocycles. The number of nitrogens with one attached hydrogen (secondary N) is 1. The van der Waals surface area contributed by atoms with Gasteiger partial charge in [0.2, 0.25) is 5.82 Å². The van der Waals surface area contributed by atoms with E-state index in [9.17, 15) is 8.42 Å². The maximum Gasteiger partial charge on any atom is 0.206 e. The average molecular weight is 351 g/mol. The number of aromatic nitrogens is 5. The number of nitrogens with zero attached hydrogens (tertiary/aromatic N) is 4. The molecular weight excluding hydrogens is 338 g/mol. The van der Waals surface area contributed by atoms with E-state index in [0.29, 0.717) is 5.56 Å². The van der Waals surface area contributed by atoms with Gasteiger partial charge in [0.15, 0.2) is 9.84 Å². The van der Waals surface area contributed by atoms with Crippen LogP contribution in [-0.2, 0) is 9.84 Å². The first-order valence-electron chi connectivity index (χ1n) is 7.45. The number of rotatable bonds is 3. The Bertz CT molecular complexity index is 1170. The van der Waals surface area contributed by atoms with Crippen LogP contribution in [0.3, 0.4) is 0 Å². The molecule has 0 aliphatic carbocycles. The average Bonchev–Trinajstić information content (AvgIpc) is 3.14. The Hall–Kier alpha value is -3.13. The highest BCUT2D eigenvalue weighted by Crippen LogP contribution is 2.36. The number of pyridine rings is 1. The first-order valence-corrected chi connectivity index (χ1v) is 9.34. The van der Waals surface area contributed by atoms with Crippen LogP contribution in [0.5, 0.6) is 0 Å². The van der Waals surface area contributed by atoms with Gasteiger partial charge in [-0.25, -0.2) is 8.42 Å². The third kappa shape index (κ3) is 2.76. The molecule has 4 aromatic rings. The highest BCUT2D eigenvalue weighted by molar-refractivity contribution is 7.90. The zero-order valence-electron chi connectivity index (χ0n) is 13.2. The van der Waals surface area contributed by atoms with Gasteiger partial charge in [0, 0.05) is 29.6 Å². The van der Waals surface area contributed by atoms with Crippen molar-refractivity contribution in [2.45, 2.75) is 4.90 Å². The molecule has 2 aromatic carbocycles.